The number of unbranched alkanes of at least 4 members (excludes halogenated alkanes) is 2. The van der Waals surface area contributed by atoms with E-state index in [1.165, 1.54) is 11.9 Å². The quantitative estimate of drug-likeness (QED) is 0.375. The van der Waals surface area contributed by atoms with Gasteiger partial charge in [-0.1, -0.05) is 31.7 Å². The fraction of sp³-hybridized carbons (Fsp3) is 0.714. The molecule has 0 heterocycles. The van der Waals surface area contributed by atoms with Gasteiger partial charge in [-0.15, -0.1) is 0 Å². The van der Waals surface area contributed by atoms with Gasteiger partial charge in [0.2, 0.25) is 0 Å². The van der Waals surface area contributed by atoms with Crippen LogP contribution < -0.4 is 10.5 Å². The van der Waals surface area contributed by atoms with E-state index in [9.17, 15) is 9.59 Å². The van der Waals surface area contributed by atoms with Crippen LogP contribution in [0.15, 0.2) is 0 Å². The Morgan fingerprint density at radius 2 is 2.08 bits per heavy atom. The van der Waals surface area contributed by atoms with Gasteiger partial charge in [-0.05, 0) is 6.42 Å². The van der Waals surface area contributed by atoms with Crippen LogP contribution in [0, 0.1) is 0 Å². The Balaban J connectivity index is 3.20. The molecule has 0 aliphatic rings. The molecule has 70 valence electrons. The maximum atomic E-state index is 10.6. The van der Waals surface area contributed by atoms with Crippen molar-refractivity contribution in [1.29, 1.82) is 0 Å². The molecule has 0 radical (unpaired) electrons. The molecule has 4 nitrogen and oxygen atoms in total. The summed E-state index contributed by atoms with van der Waals surface area (Å²) in [5, 5.41) is 0. The lowest BCUT2D eigenvalue weighted by Crippen LogP contribution is -2.32. The Labute approximate surface area is 76.4 Å². The van der Waals surface area contributed by atoms with E-state index in [1.54, 1.807) is 0 Å². The predicted octanol–water partition coefficient (Wildman–Crippen LogP) is 0.426. The SMILES string of the molecule is CCCCCSNC(=O)C(N)=O. The zero-order chi connectivity index (χ0) is 9.40. The van der Waals surface area contributed by atoms with E-state index in [-0.39, 0.29) is 0 Å². The van der Waals surface area contributed by atoms with Crippen LogP contribution in [-0.4, -0.2) is 17.6 Å². The highest BCUT2D eigenvalue weighted by atomic mass is 32.2. The Bertz CT molecular complexity index is 161. The first kappa shape index (κ1) is 11.3. The number of rotatable bonds is 5. The molecule has 0 saturated carbocycles. The van der Waals surface area contributed by atoms with E-state index in [0.29, 0.717) is 0 Å². The van der Waals surface area contributed by atoms with Gasteiger partial charge in [0.15, 0.2) is 0 Å². The molecule has 0 aromatic carbocycles. The van der Waals surface area contributed by atoms with Crippen molar-refractivity contribution in [2.75, 3.05) is 5.75 Å². The third-order valence-electron chi connectivity index (χ3n) is 1.24. The first-order valence-corrected chi connectivity index (χ1v) is 4.88. The van der Waals surface area contributed by atoms with Crippen LogP contribution >= 0.6 is 11.9 Å². The lowest BCUT2D eigenvalue weighted by Gasteiger charge is -1.99. The molecule has 0 aromatic rings. The molecular weight excluding hydrogens is 176 g/mol. The molecule has 0 spiro atoms. The van der Waals surface area contributed by atoms with E-state index in [1.807, 2.05) is 0 Å². The third kappa shape index (κ3) is 6.03. The van der Waals surface area contributed by atoms with Crippen LogP contribution in [0.4, 0.5) is 0 Å². The van der Waals surface area contributed by atoms with Crippen LogP contribution in [0.1, 0.15) is 26.2 Å². The summed E-state index contributed by atoms with van der Waals surface area (Å²) >= 11 is 1.23. The molecule has 0 fully saturated rings. The highest BCUT2D eigenvalue weighted by Gasteiger charge is 2.06. The Morgan fingerprint density at radius 3 is 2.58 bits per heavy atom. The van der Waals surface area contributed by atoms with Crippen molar-refractivity contribution in [3.63, 3.8) is 0 Å². The summed E-state index contributed by atoms with van der Waals surface area (Å²) in [7, 11) is 0. The summed E-state index contributed by atoms with van der Waals surface area (Å²) in [5.74, 6) is -0.832. The van der Waals surface area contributed by atoms with E-state index >= 15 is 0 Å². The fourth-order valence-corrected chi connectivity index (χ4v) is 1.27. The van der Waals surface area contributed by atoms with Crippen molar-refractivity contribution in [3.05, 3.63) is 0 Å². The Hall–Kier alpha value is -0.710. The van der Waals surface area contributed by atoms with Crippen LogP contribution in [0.3, 0.4) is 0 Å². The van der Waals surface area contributed by atoms with Gasteiger partial charge in [-0.3, -0.25) is 14.3 Å². The minimum atomic E-state index is -0.932. The first-order chi connectivity index (χ1) is 5.68. The lowest BCUT2D eigenvalue weighted by atomic mass is 10.3. The molecule has 2 amide bonds. The summed E-state index contributed by atoms with van der Waals surface area (Å²) < 4.78 is 2.34. The zero-order valence-electron chi connectivity index (χ0n) is 7.13. The van der Waals surface area contributed by atoms with Crippen molar-refractivity contribution in [3.8, 4) is 0 Å². The number of primary amides is 1. The maximum absolute atomic E-state index is 10.6. The van der Waals surface area contributed by atoms with Gasteiger partial charge in [0.05, 0.1) is 0 Å². The van der Waals surface area contributed by atoms with Crippen LogP contribution in [0.5, 0.6) is 0 Å². The van der Waals surface area contributed by atoms with Crippen LogP contribution in [0.25, 0.3) is 0 Å². The van der Waals surface area contributed by atoms with Gasteiger partial charge in [-0.25, -0.2) is 0 Å². The molecule has 5 heteroatoms. The van der Waals surface area contributed by atoms with Crippen molar-refractivity contribution < 1.29 is 9.59 Å². The predicted molar refractivity (Wildman–Crippen MR) is 49.3 cm³/mol. The molecule has 0 aliphatic heterocycles. The largest absolute Gasteiger partial charge is 0.361 e. The molecule has 0 atom stereocenters. The second kappa shape index (κ2) is 6.97. The van der Waals surface area contributed by atoms with Crippen molar-refractivity contribution in [2.45, 2.75) is 26.2 Å². The number of carbonyl (C=O) groups excluding carboxylic acids is 2. The molecule has 0 rings (SSSR count). The maximum Gasteiger partial charge on any atom is 0.318 e. The number of amides is 2. The minimum Gasteiger partial charge on any atom is -0.361 e. The van der Waals surface area contributed by atoms with E-state index < -0.39 is 11.8 Å². The van der Waals surface area contributed by atoms with Gasteiger partial charge >= 0.3 is 11.8 Å². The molecule has 3 N–H and O–H groups in total. The molecule has 0 saturated heterocycles. The summed E-state index contributed by atoms with van der Waals surface area (Å²) in [6, 6.07) is 0. The molecule has 12 heavy (non-hydrogen) atoms. The lowest BCUT2D eigenvalue weighted by molar-refractivity contribution is -0.136. The molecule has 0 bridgehead atoms. The van der Waals surface area contributed by atoms with Crippen molar-refractivity contribution in [1.82, 2.24) is 4.72 Å². The van der Waals surface area contributed by atoms with Gasteiger partial charge in [0.25, 0.3) is 0 Å². The summed E-state index contributed by atoms with van der Waals surface area (Å²) in [4.78, 5) is 20.8. The highest BCUT2D eigenvalue weighted by molar-refractivity contribution is 7.98. The Kier molecular flexibility index (Phi) is 6.55. The van der Waals surface area contributed by atoms with Crippen molar-refractivity contribution >= 4 is 23.8 Å². The van der Waals surface area contributed by atoms with E-state index in [2.05, 4.69) is 11.6 Å². The van der Waals surface area contributed by atoms with Crippen molar-refractivity contribution in [2.24, 2.45) is 5.73 Å². The van der Waals surface area contributed by atoms with E-state index in [4.69, 9.17) is 5.73 Å². The molecular formula is C7H14N2O2S. The van der Waals surface area contributed by atoms with Gasteiger partial charge in [-0.2, -0.15) is 0 Å². The van der Waals surface area contributed by atoms with Gasteiger partial charge < -0.3 is 5.73 Å². The number of hydrogen-bond acceptors (Lipinski definition) is 3. The Morgan fingerprint density at radius 1 is 1.42 bits per heavy atom. The topological polar surface area (TPSA) is 72.2 Å². The average Bonchev–Trinajstić information content (AvgIpc) is 2.03. The fourth-order valence-electron chi connectivity index (χ4n) is 0.591. The average molecular weight is 190 g/mol. The molecule has 0 unspecified atom stereocenters. The second-order valence-electron chi connectivity index (χ2n) is 2.35. The molecule has 0 aromatic heterocycles. The van der Waals surface area contributed by atoms with E-state index in [0.717, 1.165) is 25.0 Å². The highest BCUT2D eigenvalue weighted by Crippen LogP contribution is 2.01. The molecule has 0 aliphatic carbocycles. The zero-order valence-corrected chi connectivity index (χ0v) is 7.95. The third-order valence-corrected chi connectivity index (χ3v) is 2.06. The first-order valence-electron chi connectivity index (χ1n) is 3.90. The number of nitrogens with two attached hydrogens (primary N) is 1. The summed E-state index contributed by atoms with van der Waals surface area (Å²) in [6.07, 6.45) is 3.32. The monoisotopic (exact) mass is 190 g/mol. The minimum absolute atomic E-state index is 0.725. The standard InChI is InChI=1S/C7H14N2O2S/c1-2-3-4-5-12-9-7(11)6(8)10/h2-5H2,1H3,(H2,8,10)(H,9,11). The van der Waals surface area contributed by atoms with Crippen LogP contribution in [0.2, 0.25) is 0 Å². The second-order valence-corrected chi connectivity index (χ2v) is 3.25. The number of carbonyl (C=O) groups is 2. The number of nitrogens with one attached hydrogen (secondary N) is 1. The normalized spacial score (nSPS) is 9.42. The van der Waals surface area contributed by atoms with Crippen LogP contribution in [-0.2, 0) is 9.59 Å². The summed E-state index contributed by atoms with van der Waals surface area (Å²) in [5.41, 5.74) is 4.71. The summed E-state index contributed by atoms with van der Waals surface area (Å²) in [6.45, 7) is 2.10. The van der Waals surface area contributed by atoms with Gasteiger partial charge in [0, 0.05) is 5.75 Å². The smallest absolute Gasteiger partial charge is 0.318 e. The number of hydrogen-bond donors (Lipinski definition) is 2. The van der Waals surface area contributed by atoms with Gasteiger partial charge in [0.1, 0.15) is 0 Å².